The van der Waals surface area contributed by atoms with Gasteiger partial charge in [0.1, 0.15) is 0 Å². The Labute approximate surface area is 137 Å². The van der Waals surface area contributed by atoms with Crippen LogP contribution in [0.3, 0.4) is 0 Å². The lowest BCUT2D eigenvalue weighted by atomic mass is 9.94. The molecule has 2 rings (SSSR count). The number of carboxylic acids is 1. The Hall–Kier alpha value is -1.18. The molecule has 0 aromatic heterocycles. The summed E-state index contributed by atoms with van der Waals surface area (Å²) in [6.45, 7) is 1.13. The van der Waals surface area contributed by atoms with Crippen LogP contribution in [0.2, 0.25) is 0 Å². The van der Waals surface area contributed by atoms with E-state index >= 15 is 0 Å². The molecule has 0 aromatic carbocycles. The number of likely N-dealkylation sites (N-methyl/N-ethyl adjacent to an activating group) is 2. The molecule has 0 bridgehead atoms. The van der Waals surface area contributed by atoms with Gasteiger partial charge in [-0.05, 0) is 19.9 Å². The summed E-state index contributed by atoms with van der Waals surface area (Å²) in [6, 6.07) is 0.105. The Morgan fingerprint density at radius 1 is 1.13 bits per heavy atom. The average Bonchev–Trinajstić information content (AvgIpc) is 2.87. The molecule has 2 N–H and O–H groups in total. The molecule has 0 spiro atoms. The molecule has 7 nitrogen and oxygen atoms in total. The summed E-state index contributed by atoms with van der Waals surface area (Å²) >= 11 is 0. The first-order valence-corrected chi connectivity index (χ1v) is 8.46. The largest absolute Gasteiger partial charge is 0.480 e. The van der Waals surface area contributed by atoms with E-state index < -0.39 is 12.1 Å². The number of aliphatic hydroxyl groups excluding tert-OH is 1. The summed E-state index contributed by atoms with van der Waals surface area (Å²) in [5.41, 5.74) is 0. The Morgan fingerprint density at radius 2 is 1.78 bits per heavy atom. The maximum absolute atomic E-state index is 12.5. The Morgan fingerprint density at radius 3 is 2.39 bits per heavy atom. The van der Waals surface area contributed by atoms with Crippen molar-refractivity contribution in [2.75, 3.05) is 40.3 Å². The summed E-state index contributed by atoms with van der Waals surface area (Å²) in [5.74, 6) is -0.822. The highest BCUT2D eigenvalue weighted by Gasteiger charge is 2.36. The highest BCUT2D eigenvalue weighted by molar-refractivity contribution is 5.78. The van der Waals surface area contributed by atoms with E-state index in [1.807, 2.05) is 16.8 Å². The van der Waals surface area contributed by atoms with Crippen molar-refractivity contribution in [2.45, 2.75) is 50.3 Å². The van der Waals surface area contributed by atoms with Gasteiger partial charge in [0.25, 0.3) is 0 Å². The number of hydrogen-bond acceptors (Lipinski definition) is 5. The van der Waals surface area contributed by atoms with Crippen LogP contribution < -0.4 is 0 Å². The molecule has 23 heavy (non-hydrogen) atoms. The summed E-state index contributed by atoms with van der Waals surface area (Å²) < 4.78 is 0. The normalized spacial score (nSPS) is 26.6. The molecule has 2 atom stereocenters. The number of β-amino-alcohol motifs (C(OH)–C–C–N with tert-alkyl or cyclic N) is 1. The van der Waals surface area contributed by atoms with Gasteiger partial charge in [-0.3, -0.25) is 19.4 Å². The van der Waals surface area contributed by atoms with Crippen LogP contribution in [-0.4, -0.2) is 95.3 Å². The predicted molar refractivity (Wildman–Crippen MR) is 86.1 cm³/mol. The van der Waals surface area contributed by atoms with E-state index in [4.69, 9.17) is 5.11 Å². The number of carbonyl (C=O) groups is 2. The quantitative estimate of drug-likeness (QED) is 0.705. The molecule has 0 radical (unpaired) electrons. The van der Waals surface area contributed by atoms with Gasteiger partial charge in [0.15, 0.2) is 0 Å². The zero-order chi connectivity index (χ0) is 17.0. The Bertz CT molecular complexity index is 426. The molecule has 1 heterocycles. The second-order valence-electron chi connectivity index (χ2n) is 6.93. The van der Waals surface area contributed by atoms with Gasteiger partial charge in [0.05, 0.1) is 19.2 Å². The highest BCUT2D eigenvalue weighted by atomic mass is 16.4. The van der Waals surface area contributed by atoms with Crippen molar-refractivity contribution in [3.63, 3.8) is 0 Å². The second kappa shape index (κ2) is 8.08. The zero-order valence-corrected chi connectivity index (χ0v) is 14.1. The topological polar surface area (TPSA) is 84.3 Å². The van der Waals surface area contributed by atoms with E-state index in [0.29, 0.717) is 25.7 Å². The molecule has 2 aliphatic rings. The minimum atomic E-state index is -0.911. The minimum absolute atomic E-state index is 0.0886. The van der Waals surface area contributed by atoms with E-state index in [1.54, 1.807) is 11.9 Å². The van der Waals surface area contributed by atoms with Crippen LogP contribution >= 0.6 is 0 Å². The van der Waals surface area contributed by atoms with Gasteiger partial charge in [-0.25, -0.2) is 0 Å². The molecule has 1 aliphatic carbocycles. The third-order valence-electron chi connectivity index (χ3n) is 5.16. The number of carbonyl (C=O) groups excluding carboxylic acids is 1. The SMILES string of the molecule is CN(C(=O)CN1C[C@@H](O)[C@H](N(C)CC(=O)O)C1)C1CCCCC1. The lowest BCUT2D eigenvalue weighted by Crippen LogP contribution is -2.45. The fourth-order valence-electron chi connectivity index (χ4n) is 3.71. The first-order chi connectivity index (χ1) is 10.9. The number of amides is 1. The molecule has 1 aliphatic heterocycles. The van der Waals surface area contributed by atoms with Gasteiger partial charge in [0, 0.05) is 32.2 Å². The van der Waals surface area contributed by atoms with Crippen LogP contribution in [0.5, 0.6) is 0 Å². The number of likely N-dealkylation sites (tertiary alicyclic amines) is 1. The van der Waals surface area contributed by atoms with Crippen LogP contribution in [0.15, 0.2) is 0 Å². The molecule has 1 saturated carbocycles. The van der Waals surface area contributed by atoms with E-state index in [9.17, 15) is 14.7 Å². The van der Waals surface area contributed by atoms with Crippen molar-refractivity contribution in [1.82, 2.24) is 14.7 Å². The lowest BCUT2D eigenvalue weighted by molar-refractivity contribution is -0.139. The highest BCUT2D eigenvalue weighted by Crippen LogP contribution is 2.22. The fraction of sp³-hybridized carbons (Fsp3) is 0.875. The molecule has 1 amide bonds. The molecule has 1 saturated heterocycles. The number of hydrogen-bond donors (Lipinski definition) is 2. The van der Waals surface area contributed by atoms with Crippen LogP contribution in [0, 0.1) is 0 Å². The van der Waals surface area contributed by atoms with Gasteiger partial charge in [-0.2, -0.15) is 0 Å². The smallest absolute Gasteiger partial charge is 0.317 e. The van der Waals surface area contributed by atoms with E-state index in [2.05, 4.69) is 0 Å². The number of aliphatic hydroxyl groups is 1. The molecular weight excluding hydrogens is 298 g/mol. The number of aliphatic carboxylic acids is 1. The van der Waals surface area contributed by atoms with Crippen LogP contribution in [0.25, 0.3) is 0 Å². The van der Waals surface area contributed by atoms with E-state index in [-0.39, 0.29) is 18.5 Å². The molecule has 2 fully saturated rings. The lowest BCUT2D eigenvalue weighted by Gasteiger charge is -2.32. The van der Waals surface area contributed by atoms with Gasteiger partial charge in [-0.15, -0.1) is 0 Å². The van der Waals surface area contributed by atoms with Crippen LogP contribution in [0.4, 0.5) is 0 Å². The molecule has 0 unspecified atom stereocenters. The van der Waals surface area contributed by atoms with Crippen molar-refractivity contribution in [2.24, 2.45) is 0 Å². The summed E-state index contributed by atoms with van der Waals surface area (Å²) in [6.07, 6.45) is 5.17. The average molecular weight is 327 g/mol. The molecule has 0 aromatic rings. The minimum Gasteiger partial charge on any atom is -0.480 e. The third kappa shape index (κ3) is 4.89. The molecule has 132 valence electrons. The standard InChI is InChI=1S/C16H29N3O4/c1-17(11-16(22)23)13-8-19(9-14(13)20)10-15(21)18(2)12-6-4-3-5-7-12/h12-14,20H,3-11H2,1-2H3,(H,22,23)/t13-,14-/m1/s1. The number of nitrogens with zero attached hydrogens (tertiary/aromatic N) is 3. The summed E-state index contributed by atoms with van der Waals surface area (Å²) in [7, 11) is 3.57. The Kier molecular flexibility index (Phi) is 6.38. The van der Waals surface area contributed by atoms with Crippen molar-refractivity contribution in [3.8, 4) is 0 Å². The zero-order valence-electron chi connectivity index (χ0n) is 14.1. The Balaban J connectivity index is 1.83. The maximum Gasteiger partial charge on any atom is 0.317 e. The van der Waals surface area contributed by atoms with Gasteiger partial charge in [-0.1, -0.05) is 19.3 Å². The monoisotopic (exact) mass is 327 g/mol. The predicted octanol–water partition coefficient (Wildman–Crippen LogP) is -0.161. The van der Waals surface area contributed by atoms with Crippen molar-refractivity contribution >= 4 is 11.9 Å². The molecule has 7 heteroatoms. The summed E-state index contributed by atoms with van der Waals surface area (Å²) in [4.78, 5) is 28.7. The third-order valence-corrected chi connectivity index (χ3v) is 5.16. The first-order valence-electron chi connectivity index (χ1n) is 8.46. The number of rotatable bonds is 6. The van der Waals surface area contributed by atoms with Crippen molar-refractivity contribution < 1.29 is 19.8 Å². The van der Waals surface area contributed by atoms with Gasteiger partial charge >= 0.3 is 5.97 Å². The maximum atomic E-state index is 12.5. The van der Waals surface area contributed by atoms with Crippen molar-refractivity contribution in [1.29, 1.82) is 0 Å². The van der Waals surface area contributed by atoms with E-state index in [0.717, 1.165) is 12.8 Å². The second-order valence-corrected chi connectivity index (χ2v) is 6.93. The van der Waals surface area contributed by atoms with Crippen LogP contribution in [-0.2, 0) is 9.59 Å². The number of carboxylic acid groups (broad SMARTS) is 1. The van der Waals surface area contributed by atoms with Crippen LogP contribution in [0.1, 0.15) is 32.1 Å². The van der Waals surface area contributed by atoms with Crippen molar-refractivity contribution in [3.05, 3.63) is 0 Å². The fourth-order valence-corrected chi connectivity index (χ4v) is 3.71. The van der Waals surface area contributed by atoms with Gasteiger partial charge < -0.3 is 15.1 Å². The van der Waals surface area contributed by atoms with Gasteiger partial charge in [0.2, 0.25) is 5.91 Å². The molecular formula is C16H29N3O4. The van der Waals surface area contributed by atoms with E-state index in [1.165, 1.54) is 19.3 Å². The summed E-state index contributed by atoms with van der Waals surface area (Å²) in [5, 5.41) is 19.0. The first kappa shape index (κ1) is 18.2.